The van der Waals surface area contributed by atoms with Gasteiger partial charge in [0.15, 0.2) is 0 Å². The van der Waals surface area contributed by atoms with E-state index < -0.39 is 10.0 Å². The number of likely N-dealkylation sites (N-methyl/N-ethyl adjacent to an activating group) is 1. The molecule has 2 aromatic rings. The zero-order valence-electron chi connectivity index (χ0n) is 15.6. The third-order valence-electron chi connectivity index (χ3n) is 4.12. The van der Waals surface area contributed by atoms with Crippen LogP contribution in [-0.4, -0.2) is 50.6 Å². The fraction of sp³-hybridized carbons (Fsp3) is 0.250. The first kappa shape index (κ1) is 21.9. The van der Waals surface area contributed by atoms with Crippen LogP contribution in [-0.2, 0) is 10.0 Å². The summed E-state index contributed by atoms with van der Waals surface area (Å²) in [5.74, 6) is -0.346. The Hall–Kier alpha value is -2.35. The van der Waals surface area contributed by atoms with Crippen molar-refractivity contribution in [1.82, 2.24) is 4.90 Å². The van der Waals surface area contributed by atoms with Gasteiger partial charge in [-0.05, 0) is 37.3 Å². The van der Waals surface area contributed by atoms with Crippen molar-refractivity contribution in [2.24, 2.45) is 0 Å². The van der Waals surface area contributed by atoms with Crippen LogP contribution in [0.1, 0.15) is 17.3 Å². The van der Waals surface area contributed by atoms with Gasteiger partial charge in [-0.25, -0.2) is 8.42 Å². The summed E-state index contributed by atoms with van der Waals surface area (Å²) < 4.78 is 27.7. The summed E-state index contributed by atoms with van der Waals surface area (Å²) >= 11 is 6.20. The number of aliphatic hydroxyl groups excluding tert-OH is 1. The second-order valence-corrected chi connectivity index (χ2v) is 8.18. The van der Waals surface area contributed by atoms with E-state index in [2.05, 4.69) is 6.58 Å². The molecule has 28 heavy (non-hydrogen) atoms. The molecule has 0 aromatic heterocycles. The van der Waals surface area contributed by atoms with Crippen molar-refractivity contribution in [2.75, 3.05) is 30.5 Å². The first-order chi connectivity index (χ1) is 13.4. The number of aliphatic hydroxyl groups is 1. The molecular formula is C20H23ClN2O4S. The number of amides is 1. The van der Waals surface area contributed by atoms with Crippen LogP contribution in [0.3, 0.4) is 0 Å². The van der Waals surface area contributed by atoms with Crippen LogP contribution in [0.2, 0.25) is 5.02 Å². The summed E-state index contributed by atoms with van der Waals surface area (Å²) in [6.45, 7) is 5.85. The van der Waals surface area contributed by atoms with Crippen molar-refractivity contribution in [3.05, 3.63) is 71.8 Å². The maximum Gasteiger partial charge on any atom is 0.264 e. The maximum absolute atomic E-state index is 13.3. The zero-order valence-corrected chi connectivity index (χ0v) is 17.2. The van der Waals surface area contributed by atoms with Gasteiger partial charge < -0.3 is 10.0 Å². The van der Waals surface area contributed by atoms with E-state index in [0.717, 1.165) is 4.31 Å². The number of anilines is 1. The predicted molar refractivity (Wildman–Crippen MR) is 111 cm³/mol. The van der Waals surface area contributed by atoms with Crippen molar-refractivity contribution in [2.45, 2.75) is 11.8 Å². The first-order valence-electron chi connectivity index (χ1n) is 8.75. The Bertz CT molecular complexity index is 947. The Morgan fingerprint density at radius 3 is 2.54 bits per heavy atom. The Kier molecular flexibility index (Phi) is 7.62. The van der Waals surface area contributed by atoms with Gasteiger partial charge in [0, 0.05) is 18.7 Å². The van der Waals surface area contributed by atoms with Gasteiger partial charge in [0.1, 0.15) is 0 Å². The largest absolute Gasteiger partial charge is 0.395 e. The minimum atomic E-state index is -3.98. The standard InChI is InChI=1S/C20H23ClN2O4S/c1-3-12-23(19-11-6-5-10-18(19)21)28(26,27)17-9-7-8-16(15-17)20(25)22(4-2)13-14-24/h3,5-11,15,24H,1,4,12-14H2,2H3. The quantitative estimate of drug-likeness (QED) is 0.629. The highest BCUT2D eigenvalue weighted by atomic mass is 35.5. The van der Waals surface area contributed by atoms with Crippen molar-refractivity contribution >= 4 is 33.2 Å². The molecule has 0 saturated carbocycles. The van der Waals surface area contributed by atoms with Crippen LogP contribution in [0.4, 0.5) is 5.69 Å². The molecule has 0 spiro atoms. The topological polar surface area (TPSA) is 77.9 Å². The molecule has 6 nitrogen and oxygen atoms in total. The molecular weight excluding hydrogens is 400 g/mol. The molecule has 0 aliphatic carbocycles. The molecule has 0 atom stereocenters. The lowest BCUT2D eigenvalue weighted by molar-refractivity contribution is 0.0731. The molecule has 0 aliphatic rings. The van der Waals surface area contributed by atoms with E-state index in [0.29, 0.717) is 17.3 Å². The van der Waals surface area contributed by atoms with Gasteiger partial charge in [0.2, 0.25) is 0 Å². The minimum absolute atomic E-state index is 0.0236. The molecule has 0 saturated heterocycles. The van der Waals surface area contributed by atoms with E-state index in [1.165, 1.54) is 29.2 Å². The molecule has 150 valence electrons. The van der Waals surface area contributed by atoms with E-state index in [-0.39, 0.29) is 36.1 Å². The molecule has 0 aliphatic heterocycles. The molecule has 0 unspecified atom stereocenters. The number of nitrogens with zero attached hydrogens (tertiary/aromatic N) is 2. The van der Waals surface area contributed by atoms with Gasteiger partial charge in [-0.2, -0.15) is 0 Å². The number of halogens is 1. The molecule has 1 N–H and O–H groups in total. The molecule has 0 radical (unpaired) electrons. The van der Waals surface area contributed by atoms with Crippen molar-refractivity contribution in [3.63, 3.8) is 0 Å². The predicted octanol–water partition coefficient (Wildman–Crippen LogP) is 3.18. The van der Waals surface area contributed by atoms with Crippen molar-refractivity contribution in [1.29, 1.82) is 0 Å². The summed E-state index contributed by atoms with van der Waals surface area (Å²) in [5.41, 5.74) is 0.561. The summed E-state index contributed by atoms with van der Waals surface area (Å²) in [6, 6.07) is 12.5. The van der Waals surface area contributed by atoms with E-state index in [9.17, 15) is 13.2 Å². The van der Waals surface area contributed by atoms with Crippen LogP contribution < -0.4 is 4.31 Å². The molecule has 0 fully saturated rings. The second-order valence-electron chi connectivity index (χ2n) is 5.91. The summed E-state index contributed by atoms with van der Waals surface area (Å²) in [5, 5.41) is 9.40. The van der Waals surface area contributed by atoms with Crippen LogP contribution in [0.15, 0.2) is 66.1 Å². The van der Waals surface area contributed by atoms with Crippen LogP contribution in [0.5, 0.6) is 0 Å². The Balaban J connectivity index is 2.48. The van der Waals surface area contributed by atoms with E-state index in [1.54, 1.807) is 37.3 Å². The van der Waals surface area contributed by atoms with Gasteiger partial charge in [-0.1, -0.05) is 35.9 Å². The van der Waals surface area contributed by atoms with Crippen LogP contribution in [0.25, 0.3) is 0 Å². The highest BCUT2D eigenvalue weighted by molar-refractivity contribution is 7.92. The van der Waals surface area contributed by atoms with Crippen LogP contribution in [0, 0.1) is 0 Å². The van der Waals surface area contributed by atoms with Gasteiger partial charge >= 0.3 is 0 Å². The van der Waals surface area contributed by atoms with E-state index in [1.807, 2.05) is 0 Å². The number of benzene rings is 2. The smallest absolute Gasteiger partial charge is 0.264 e. The number of carbonyl (C=O) groups excluding carboxylic acids is 1. The average Bonchev–Trinajstić information content (AvgIpc) is 2.70. The van der Waals surface area contributed by atoms with E-state index in [4.69, 9.17) is 16.7 Å². The monoisotopic (exact) mass is 422 g/mol. The average molecular weight is 423 g/mol. The molecule has 0 bridgehead atoms. The third kappa shape index (κ3) is 4.73. The highest BCUT2D eigenvalue weighted by Crippen LogP contribution is 2.30. The summed E-state index contributed by atoms with van der Waals surface area (Å²) in [7, 11) is -3.98. The SMILES string of the molecule is C=CCN(c1ccccc1Cl)S(=O)(=O)c1cccc(C(=O)N(CC)CCO)c1. The fourth-order valence-electron chi connectivity index (χ4n) is 2.72. The Labute approximate surface area is 170 Å². The zero-order chi connectivity index (χ0) is 20.7. The number of carbonyl (C=O) groups is 1. The Morgan fingerprint density at radius 1 is 1.21 bits per heavy atom. The highest BCUT2D eigenvalue weighted by Gasteiger charge is 2.26. The van der Waals surface area contributed by atoms with E-state index >= 15 is 0 Å². The lowest BCUT2D eigenvalue weighted by Gasteiger charge is -2.25. The summed E-state index contributed by atoms with van der Waals surface area (Å²) in [6.07, 6.45) is 1.47. The number of hydrogen-bond donors (Lipinski definition) is 1. The van der Waals surface area contributed by atoms with Gasteiger partial charge in [0.25, 0.3) is 15.9 Å². The number of hydrogen-bond acceptors (Lipinski definition) is 4. The lowest BCUT2D eigenvalue weighted by Crippen LogP contribution is -2.34. The van der Waals surface area contributed by atoms with Gasteiger partial charge in [-0.15, -0.1) is 6.58 Å². The molecule has 0 heterocycles. The number of rotatable bonds is 9. The van der Waals surface area contributed by atoms with Crippen LogP contribution >= 0.6 is 11.6 Å². The number of para-hydroxylation sites is 1. The molecule has 8 heteroatoms. The molecule has 2 rings (SSSR count). The number of sulfonamides is 1. The Morgan fingerprint density at radius 2 is 1.93 bits per heavy atom. The first-order valence-corrected chi connectivity index (χ1v) is 10.6. The summed E-state index contributed by atoms with van der Waals surface area (Å²) in [4.78, 5) is 14.1. The maximum atomic E-state index is 13.3. The van der Waals surface area contributed by atoms with Gasteiger partial charge in [-0.3, -0.25) is 9.10 Å². The minimum Gasteiger partial charge on any atom is -0.395 e. The second kappa shape index (κ2) is 9.73. The lowest BCUT2D eigenvalue weighted by atomic mass is 10.2. The molecule has 1 amide bonds. The molecule has 2 aromatic carbocycles. The van der Waals surface area contributed by atoms with Crippen molar-refractivity contribution in [3.8, 4) is 0 Å². The normalized spacial score (nSPS) is 11.1. The fourth-order valence-corrected chi connectivity index (χ4v) is 4.51. The third-order valence-corrected chi connectivity index (χ3v) is 6.22. The van der Waals surface area contributed by atoms with Gasteiger partial charge in [0.05, 0.1) is 28.8 Å². The van der Waals surface area contributed by atoms with Crippen molar-refractivity contribution < 1.29 is 18.3 Å².